The van der Waals surface area contributed by atoms with E-state index in [0.29, 0.717) is 24.7 Å². The van der Waals surface area contributed by atoms with E-state index in [9.17, 15) is 4.79 Å². The summed E-state index contributed by atoms with van der Waals surface area (Å²) in [6.07, 6.45) is 0.0339. The molecule has 0 unspecified atom stereocenters. The molecule has 0 saturated heterocycles. The van der Waals surface area contributed by atoms with Gasteiger partial charge in [-0.1, -0.05) is 20.8 Å². The lowest BCUT2D eigenvalue weighted by molar-refractivity contribution is 0.100. The van der Waals surface area contributed by atoms with Crippen LogP contribution in [0.2, 0.25) is 18.1 Å². The zero-order chi connectivity index (χ0) is 17.1. The first-order valence-electron chi connectivity index (χ1n) is 7.83. The molecule has 0 saturated carbocycles. The zero-order valence-electron chi connectivity index (χ0n) is 15.2. The minimum absolute atomic E-state index is 0.0153. The third-order valence-electron chi connectivity index (χ3n) is 4.05. The van der Waals surface area contributed by atoms with Gasteiger partial charge in [-0.15, -0.1) is 5.10 Å². The van der Waals surface area contributed by atoms with E-state index in [1.54, 1.807) is 17.7 Å². The summed E-state index contributed by atoms with van der Waals surface area (Å²) in [7, 11) is -1.78. The van der Waals surface area contributed by atoms with E-state index < -0.39 is 8.32 Å². The van der Waals surface area contributed by atoms with Gasteiger partial charge in [-0.25, -0.2) is 0 Å². The van der Waals surface area contributed by atoms with Crippen LogP contribution in [0.25, 0.3) is 0 Å². The third-order valence-corrected chi connectivity index (χ3v) is 8.59. The number of hydrogen-bond acceptors (Lipinski definition) is 4. The van der Waals surface area contributed by atoms with Crippen LogP contribution in [-0.2, 0) is 11.0 Å². The molecule has 1 rings (SSSR count). The van der Waals surface area contributed by atoms with E-state index in [0.717, 1.165) is 0 Å². The SMILES string of the molecule is CC(=O)c1cc(OC(C)C)nn1CCO[Si](C)(C)C(C)(C)C. The Morgan fingerprint density at radius 2 is 1.95 bits per heavy atom. The van der Waals surface area contributed by atoms with Gasteiger partial charge < -0.3 is 9.16 Å². The summed E-state index contributed by atoms with van der Waals surface area (Å²) in [6.45, 7) is 17.6. The van der Waals surface area contributed by atoms with Crippen LogP contribution in [0.15, 0.2) is 6.07 Å². The van der Waals surface area contributed by atoms with Crippen molar-refractivity contribution in [3.05, 3.63) is 11.8 Å². The summed E-state index contributed by atoms with van der Waals surface area (Å²) in [6, 6.07) is 1.70. The topological polar surface area (TPSA) is 53.3 Å². The molecule has 0 fully saturated rings. The highest BCUT2D eigenvalue weighted by atomic mass is 28.4. The van der Waals surface area contributed by atoms with Crippen molar-refractivity contribution in [2.75, 3.05) is 6.61 Å². The number of carbonyl (C=O) groups is 1. The molecule has 0 aliphatic carbocycles. The maximum absolute atomic E-state index is 11.7. The summed E-state index contributed by atoms with van der Waals surface area (Å²) in [5, 5.41) is 4.54. The van der Waals surface area contributed by atoms with Crippen LogP contribution in [0.1, 0.15) is 52.0 Å². The highest BCUT2D eigenvalue weighted by Crippen LogP contribution is 2.36. The van der Waals surface area contributed by atoms with Gasteiger partial charge in [0.1, 0.15) is 5.69 Å². The number of ketones is 1. The van der Waals surface area contributed by atoms with Crippen molar-refractivity contribution in [3.8, 4) is 5.88 Å². The van der Waals surface area contributed by atoms with E-state index in [1.165, 1.54) is 0 Å². The van der Waals surface area contributed by atoms with Gasteiger partial charge in [0, 0.05) is 13.0 Å². The molecule has 1 aromatic rings. The van der Waals surface area contributed by atoms with Crippen molar-refractivity contribution in [2.45, 2.75) is 72.3 Å². The van der Waals surface area contributed by atoms with E-state index in [4.69, 9.17) is 9.16 Å². The Bertz CT molecular complexity index is 516. The number of ether oxygens (including phenoxy) is 1. The first-order valence-corrected chi connectivity index (χ1v) is 10.7. The van der Waals surface area contributed by atoms with Crippen molar-refractivity contribution >= 4 is 14.1 Å². The summed E-state index contributed by atoms with van der Waals surface area (Å²) >= 11 is 0. The van der Waals surface area contributed by atoms with Crippen molar-refractivity contribution in [1.29, 1.82) is 0 Å². The Morgan fingerprint density at radius 1 is 1.36 bits per heavy atom. The molecule has 0 radical (unpaired) electrons. The molecular formula is C16H30N2O3Si. The van der Waals surface area contributed by atoms with Gasteiger partial charge in [0.2, 0.25) is 5.88 Å². The minimum atomic E-state index is -1.78. The smallest absolute Gasteiger partial charge is 0.233 e. The second kappa shape index (κ2) is 6.96. The molecule has 22 heavy (non-hydrogen) atoms. The van der Waals surface area contributed by atoms with Crippen LogP contribution < -0.4 is 4.74 Å². The summed E-state index contributed by atoms with van der Waals surface area (Å²) in [5.74, 6) is 0.478. The predicted octanol–water partition coefficient (Wildman–Crippen LogP) is 3.89. The van der Waals surface area contributed by atoms with Crippen LogP contribution >= 0.6 is 0 Å². The molecule has 0 aromatic carbocycles. The molecule has 0 amide bonds. The zero-order valence-corrected chi connectivity index (χ0v) is 16.2. The Hall–Kier alpha value is -1.14. The van der Waals surface area contributed by atoms with Gasteiger partial charge >= 0.3 is 0 Å². The Balaban J connectivity index is 2.77. The summed E-state index contributed by atoms with van der Waals surface area (Å²) in [5.41, 5.74) is 0.564. The van der Waals surface area contributed by atoms with Crippen molar-refractivity contribution in [1.82, 2.24) is 9.78 Å². The molecule has 1 aromatic heterocycles. The number of Topliss-reactive ketones (excluding diaryl/α,β-unsaturated/α-hetero) is 1. The average Bonchev–Trinajstić information content (AvgIpc) is 2.69. The molecule has 0 aliphatic heterocycles. The number of aromatic nitrogens is 2. The number of nitrogens with zero attached hydrogens (tertiary/aromatic N) is 2. The predicted molar refractivity (Wildman–Crippen MR) is 91.1 cm³/mol. The molecule has 0 N–H and O–H groups in total. The van der Waals surface area contributed by atoms with Gasteiger partial charge in [0.15, 0.2) is 14.1 Å². The van der Waals surface area contributed by atoms with Crippen LogP contribution in [0, 0.1) is 0 Å². The van der Waals surface area contributed by atoms with Gasteiger partial charge in [-0.3, -0.25) is 9.48 Å². The van der Waals surface area contributed by atoms with Crippen LogP contribution in [-0.4, -0.2) is 36.6 Å². The molecule has 5 nitrogen and oxygen atoms in total. The normalized spacial score (nSPS) is 12.8. The molecule has 1 heterocycles. The van der Waals surface area contributed by atoms with Crippen molar-refractivity contribution < 1.29 is 14.0 Å². The largest absolute Gasteiger partial charge is 0.474 e. The Labute approximate surface area is 135 Å². The van der Waals surface area contributed by atoms with Crippen LogP contribution in [0.4, 0.5) is 0 Å². The highest BCUT2D eigenvalue weighted by Gasteiger charge is 2.36. The number of hydrogen-bond donors (Lipinski definition) is 0. The highest BCUT2D eigenvalue weighted by molar-refractivity contribution is 6.74. The van der Waals surface area contributed by atoms with Gasteiger partial charge in [0.05, 0.1) is 19.3 Å². The second-order valence-electron chi connectivity index (χ2n) is 7.42. The van der Waals surface area contributed by atoms with Crippen LogP contribution in [0.3, 0.4) is 0 Å². The fourth-order valence-electron chi connectivity index (χ4n) is 1.75. The average molecular weight is 327 g/mol. The number of carbonyl (C=O) groups excluding carboxylic acids is 1. The third kappa shape index (κ3) is 4.95. The van der Waals surface area contributed by atoms with Crippen molar-refractivity contribution in [2.24, 2.45) is 0 Å². The van der Waals surface area contributed by atoms with Crippen molar-refractivity contribution in [3.63, 3.8) is 0 Å². The van der Waals surface area contributed by atoms with Crippen LogP contribution in [0.5, 0.6) is 5.88 Å². The Kier molecular flexibility index (Phi) is 5.98. The van der Waals surface area contributed by atoms with E-state index in [-0.39, 0.29) is 16.9 Å². The fraction of sp³-hybridized carbons (Fsp3) is 0.750. The lowest BCUT2D eigenvalue weighted by Crippen LogP contribution is -2.41. The van der Waals surface area contributed by atoms with Gasteiger partial charge in [-0.2, -0.15) is 0 Å². The quantitative estimate of drug-likeness (QED) is 0.563. The van der Waals surface area contributed by atoms with E-state index in [1.807, 2.05) is 13.8 Å². The standard InChI is InChI=1S/C16H30N2O3Si/c1-12(2)21-15-11-14(13(3)19)18(17-15)9-10-20-22(7,8)16(4,5)6/h11-12H,9-10H2,1-8H3. The second-order valence-corrected chi connectivity index (χ2v) is 12.2. The molecule has 0 bridgehead atoms. The van der Waals surface area contributed by atoms with E-state index >= 15 is 0 Å². The van der Waals surface area contributed by atoms with E-state index in [2.05, 4.69) is 39.0 Å². The van der Waals surface area contributed by atoms with Gasteiger partial charge in [0.25, 0.3) is 0 Å². The molecule has 126 valence electrons. The Morgan fingerprint density at radius 3 is 2.41 bits per heavy atom. The lowest BCUT2D eigenvalue weighted by atomic mass is 10.2. The summed E-state index contributed by atoms with van der Waals surface area (Å²) < 4.78 is 13.4. The maximum Gasteiger partial charge on any atom is 0.233 e. The van der Waals surface area contributed by atoms with Gasteiger partial charge in [-0.05, 0) is 32.0 Å². The monoisotopic (exact) mass is 326 g/mol. The number of rotatable bonds is 7. The molecular weight excluding hydrogens is 296 g/mol. The molecule has 0 atom stereocenters. The lowest BCUT2D eigenvalue weighted by Gasteiger charge is -2.36. The first kappa shape index (κ1) is 18.9. The fourth-order valence-corrected chi connectivity index (χ4v) is 2.78. The summed E-state index contributed by atoms with van der Waals surface area (Å²) in [4.78, 5) is 11.7. The minimum Gasteiger partial charge on any atom is -0.474 e. The molecule has 0 aliphatic rings. The maximum atomic E-state index is 11.7. The molecule has 0 spiro atoms. The first-order chi connectivity index (χ1) is 9.94. The molecule has 6 heteroatoms.